The van der Waals surface area contributed by atoms with Gasteiger partial charge in [0.15, 0.2) is 0 Å². The van der Waals surface area contributed by atoms with Gasteiger partial charge in [-0.05, 0) is 31.9 Å². The average Bonchev–Trinajstić information content (AvgIpc) is 2.60. The minimum absolute atomic E-state index is 0.565. The summed E-state index contributed by atoms with van der Waals surface area (Å²) in [6.45, 7) is 4.08. The second-order valence-electron chi connectivity index (χ2n) is 4.68. The molecule has 0 radical (unpaired) electrons. The molecular formula is C13H20N2. The van der Waals surface area contributed by atoms with Crippen molar-refractivity contribution in [2.24, 2.45) is 5.73 Å². The Kier molecular flexibility index (Phi) is 3.08. The zero-order chi connectivity index (χ0) is 10.8. The van der Waals surface area contributed by atoms with Crippen LogP contribution in [0.4, 0.5) is 0 Å². The van der Waals surface area contributed by atoms with E-state index in [1.54, 1.807) is 0 Å². The van der Waals surface area contributed by atoms with Crippen LogP contribution in [0.3, 0.4) is 0 Å². The zero-order valence-corrected chi connectivity index (χ0v) is 9.61. The van der Waals surface area contributed by atoms with E-state index in [2.05, 4.69) is 43.1 Å². The molecule has 1 fully saturated rings. The summed E-state index contributed by atoms with van der Waals surface area (Å²) in [5.74, 6) is 0.670. The fourth-order valence-corrected chi connectivity index (χ4v) is 2.52. The third kappa shape index (κ3) is 2.21. The van der Waals surface area contributed by atoms with Crippen molar-refractivity contribution in [3.05, 3.63) is 35.4 Å². The molecule has 2 unspecified atom stereocenters. The molecule has 1 heterocycles. The Bertz CT molecular complexity index is 335. The standard InChI is InChI=1S/C13H20N2/c1-10-4-3-5-11(6-10)12-7-13(8-14)15(2)9-12/h3-6,12-13H,7-9,14H2,1-2H3. The van der Waals surface area contributed by atoms with E-state index < -0.39 is 0 Å². The molecule has 15 heavy (non-hydrogen) atoms. The molecule has 82 valence electrons. The van der Waals surface area contributed by atoms with Crippen molar-refractivity contribution in [3.63, 3.8) is 0 Å². The van der Waals surface area contributed by atoms with E-state index in [-0.39, 0.29) is 0 Å². The molecule has 1 aliphatic heterocycles. The molecule has 2 heteroatoms. The molecule has 2 atom stereocenters. The van der Waals surface area contributed by atoms with E-state index in [1.165, 1.54) is 17.5 Å². The van der Waals surface area contributed by atoms with E-state index in [0.717, 1.165) is 13.1 Å². The van der Waals surface area contributed by atoms with Crippen LogP contribution in [0.25, 0.3) is 0 Å². The molecular weight excluding hydrogens is 184 g/mol. The molecule has 1 aliphatic rings. The summed E-state index contributed by atoms with van der Waals surface area (Å²) in [5.41, 5.74) is 8.58. The quantitative estimate of drug-likeness (QED) is 0.795. The van der Waals surface area contributed by atoms with Gasteiger partial charge in [0.05, 0.1) is 0 Å². The smallest absolute Gasteiger partial charge is 0.0221 e. The minimum Gasteiger partial charge on any atom is -0.329 e. The number of aryl methyl sites for hydroxylation is 1. The highest BCUT2D eigenvalue weighted by Gasteiger charge is 2.29. The number of rotatable bonds is 2. The van der Waals surface area contributed by atoms with Crippen LogP contribution in [0.1, 0.15) is 23.5 Å². The number of likely N-dealkylation sites (N-methyl/N-ethyl adjacent to an activating group) is 1. The first-order valence-corrected chi connectivity index (χ1v) is 5.67. The summed E-state index contributed by atoms with van der Waals surface area (Å²) in [6.07, 6.45) is 1.20. The van der Waals surface area contributed by atoms with Gasteiger partial charge < -0.3 is 10.6 Å². The van der Waals surface area contributed by atoms with Crippen molar-refractivity contribution in [1.29, 1.82) is 0 Å². The first-order chi connectivity index (χ1) is 7.20. The van der Waals surface area contributed by atoms with Crippen molar-refractivity contribution in [1.82, 2.24) is 4.90 Å². The Morgan fingerprint density at radius 2 is 2.27 bits per heavy atom. The molecule has 2 nitrogen and oxygen atoms in total. The molecule has 0 bridgehead atoms. The highest BCUT2D eigenvalue weighted by molar-refractivity contribution is 5.26. The summed E-state index contributed by atoms with van der Waals surface area (Å²) in [5, 5.41) is 0. The monoisotopic (exact) mass is 204 g/mol. The fraction of sp³-hybridized carbons (Fsp3) is 0.538. The molecule has 2 N–H and O–H groups in total. The Morgan fingerprint density at radius 3 is 2.87 bits per heavy atom. The molecule has 1 aromatic rings. The van der Waals surface area contributed by atoms with Gasteiger partial charge in [-0.3, -0.25) is 0 Å². The van der Waals surface area contributed by atoms with Gasteiger partial charge in [0.25, 0.3) is 0 Å². The van der Waals surface area contributed by atoms with E-state index in [4.69, 9.17) is 5.73 Å². The largest absolute Gasteiger partial charge is 0.329 e. The first-order valence-electron chi connectivity index (χ1n) is 5.67. The van der Waals surface area contributed by atoms with Crippen molar-refractivity contribution >= 4 is 0 Å². The summed E-state index contributed by atoms with van der Waals surface area (Å²) < 4.78 is 0. The van der Waals surface area contributed by atoms with Gasteiger partial charge in [-0.15, -0.1) is 0 Å². The van der Waals surface area contributed by atoms with E-state index in [1.807, 2.05) is 0 Å². The lowest BCUT2D eigenvalue weighted by molar-refractivity contribution is 0.316. The van der Waals surface area contributed by atoms with Crippen LogP contribution in [-0.2, 0) is 0 Å². The maximum Gasteiger partial charge on any atom is 0.0221 e. The first kappa shape index (κ1) is 10.7. The summed E-state index contributed by atoms with van der Waals surface area (Å²) >= 11 is 0. The Labute approximate surface area is 92.1 Å². The van der Waals surface area contributed by atoms with Crippen LogP contribution >= 0.6 is 0 Å². The predicted molar refractivity (Wildman–Crippen MR) is 64.0 cm³/mol. The van der Waals surface area contributed by atoms with Gasteiger partial charge in [-0.2, -0.15) is 0 Å². The van der Waals surface area contributed by atoms with Crippen LogP contribution < -0.4 is 5.73 Å². The molecule has 1 saturated heterocycles. The predicted octanol–water partition coefficient (Wildman–Crippen LogP) is 1.74. The topological polar surface area (TPSA) is 29.3 Å². The van der Waals surface area contributed by atoms with Crippen LogP contribution in [0, 0.1) is 6.92 Å². The Balaban J connectivity index is 2.13. The number of nitrogens with zero attached hydrogens (tertiary/aromatic N) is 1. The van der Waals surface area contributed by atoms with Gasteiger partial charge >= 0.3 is 0 Å². The molecule has 0 spiro atoms. The second-order valence-corrected chi connectivity index (χ2v) is 4.68. The van der Waals surface area contributed by atoms with Crippen molar-refractivity contribution in [3.8, 4) is 0 Å². The number of nitrogens with two attached hydrogens (primary N) is 1. The Hall–Kier alpha value is -0.860. The lowest BCUT2D eigenvalue weighted by atomic mass is 9.95. The highest BCUT2D eigenvalue weighted by Crippen LogP contribution is 2.30. The van der Waals surface area contributed by atoms with Crippen LogP contribution in [0.2, 0.25) is 0 Å². The third-order valence-corrected chi connectivity index (χ3v) is 3.47. The van der Waals surface area contributed by atoms with Crippen molar-refractivity contribution < 1.29 is 0 Å². The van der Waals surface area contributed by atoms with Crippen LogP contribution in [-0.4, -0.2) is 31.1 Å². The zero-order valence-electron chi connectivity index (χ0n) is 9.61. The normalized spacial score (nSPS) is 27.1. The van der Waals surface area contributed by atoms with E-state index in [9.17, 15) is 0 Å². The average molecular weight is 204 g/mol. The number of hydrogen-bond donors (Lipinski definition) is 1. The van der Waals surface area contributed by atoms with Crippen molar-refractivity contribution in [2.45, 2.75) is 25.3 Å². The SMILES string of the molecule is Cc1cccc(C2CC(CN)N(C)C2)c1. The summed E-state index contributed by atoms with van der Waals surface area (Å²) in [6, 6.07) is 9.42. The van der Waals surface area contributed by atoms with Crippen LogP contribution in [0.15, 0.2) is 24.3 Å². The van der Waals surface area contributed by atoms with E-state index >= 15 is 0 Å². The van der Waals surface area contributed by atoms with Gasteiger partial charge in [0.1, 0.15) is 0 Å². The lowest BCUT2D eigenvalue weighted by Crippen LogP contribution is -2.31. The van der Waals surface area contributed by atoms with Gasteiger partial charge in [-0.1, -0.05) is 29.8 Å². The Morgan fingerprint density at radius 1 is 1.47 bits per heavy atom. The minimum atomic E-state index is 0.565. The third-order valence-electron chi connectivity index (χ3n) is 3.47. The molecule has 0 saturated carbocycles. The van der Waals surface area contributed by atoms with Crippen LogP contribution in [0.5, 0.6) is 0 Å². The second kappa shape index (κ2) is 4.33. The number of likely N-dealkylation sites (tertiary alicyclic amines) is 1. The molecule has 0 amide bonds. The summed E-state index contributed by atoms with van der Waals surface area (Å²) in [7, 11) is 2.17. The maximum atomic E-state index is 5.75. The lowest BCUT2D eigenvalue weighted by Gasteiger charge is -2.15. The van der Waals surface area contributed by atoms with Gasteiger partial charge in [0, 0.05) is 19.1 Å². The van der Waals surface area contributed by atoms with E-state index in [0.29, 0.717) is 12.0 Å². The molecule has 2 rings (SSSR count). The molecule has 1 aromatic carbocycles. The summed E-state index contributed by atoms with van der Waals surface area (Å²) in [4.78, 5) is 2.38. The molecule has 0 aliphatic carbocycles. The number of hydrogen-bond acceptors (Lipinski definition) is 2. The fourth-order valence-electron chi connectivity index (χ4n) is 2.52. The number of benzene rings is 1. The van der Waals surface area contributed by atoms with Gasteiger partial charge in [0.2, 0.25) is 0 Å². The van der Waals surface area contributed by atoms with Crippen molar-refractivity contribution in [2.75, 3.05) is 20.1 Å². The molecule has 0 aromatic heterocycles. The maximum absolute atomic E-state index is 5.75. The van der Waals surface area contributed by atoms with Gasteiger partial charge in [-0.25, -0.2) is 0 Å². The highest BCUT2D eigenvalue weighted by atomic mass is 15.2.